The monoisotopic (exact) mass is 243 g/mol. The van der Waals surface area contributed by atoms with E-state index >= 15 is 0 Å². The van der Waals surface area contributed by atoms with Crippen molar-refractivity contribution in [1.29, 1.82) is 0 Å². The molecule has 0 aliphatic rings. The fourth-order valence-corrected chi connectivity index (χ4v) is 1.35. The molecule has 96 valence electrons. The lowest BCUT2D eigenvalue weighted by molar-refractivity contribution is 0.0413. The van der Waals surface area contributed by atoms with E-state index in [-0.39, 0.29) is 12.4 Å². The second-order valence-electron chi connectivity index (χ2n) is 4.19. The molecule has 4 N–H and O–H groups in total. The third-order valence-corrected chi connectivity index (χ3v) is 2.81. The van der Waals surface area contributed by atoms with Gasteiger partial charge in [-0.3, -0.25) is 0 Å². The van der Waals surface area contributed by atoms with E-state index in [9.17, 15) is 4.39 Å². The van der Waals surface area contributed by atoms with E-state index in [1.54, 1.807) is 19.1 Å². The van der Waals surface area contributed by atoms with E-state index in [4.69, 9.17) is 15.3 Å². The predicted molar refractivity (Wildman–Crippen MR) is 62.0 cm³/mol. The minimum atomic E-state index is -1.14. The number of benzene rings is 1. The van der Waals surface area contributed by atoms with Gasteiger partial charge in [0.2, 0.25) is 0 Å². The maximum absolute atomic E-state index is 13.3. The number of hydrogen-bond donors (Lipinski definition) is 4. The molecule has 0 aromatic heterocycles. The molecule has 0 bridgehead atoms. The zero-order valence-electron chi connectivity index (χ0n) is 9.78. The molecular weight excluding hydrogens is 225 g/mol. The van der Waals surface area contributed by atoms with Crippen molar-refractivity contribution in [3.63, 3.8) is 0 Å². The number of rotatable bonds is 6. The van der Waals surface area contributed by atoms with E-state index in [1.807, 2.05) is 0 Å². The Morgan fingerprint density at radius 1 is 1.18 bits per heavy atom. The highest BCUT2D eigenvalue weighted by Crippen LogP contribution is 2.10. The van der Waals surface area contributed by atoms with Crippen LogP contribution in [0.15, 0.2) is 18.2 Å². The van der Waals surface area contributed by atoms with Gasteiger partial charge in [0, 0.05) is 6.54 Å². The first kappa shape index (κ1) is 14.1. The van der Waals surface area contributed by atoms with E-state index in [2.05, 4.69) is 5.32 Å². The molecule has 0 aliphatic carbocycles. The normalized spacial score (nSPS) is 11.8. The molecule has 0 spiro atoms. The number of aliphatic hydroxyl groups is 3. The Labute approximate surface area is 99.7 Å². The maximum Gasteiger partial charge on any atom is 0.126 e. The van der Waals surface area contributed by atoms with Gasteiger partial charge in [-0.2, -0.15) is 0 Å². The van der Waals surface area contributed by atoms with Gasteiger partial charge in [-0.1, -0.05) is 12.1 Å². The number of halogens is 1. The quantitative estimate of drug-likeness (QED) is 0.565. The molecule has 0 fully saturated rings. The van der Waals surface area contributed by atoms with Crippen LogP contribution in [0.5, 0.6) is 0 Å². The fourth-order valence-electron chi connectivity index (χ4n) is 1.35. The summed E-state index contributed by atoms with van der Waals surface area (Å²) in [5.41, 5.74) is 0.112. The Hall–Kier alpha value is -1.01. The highest BCUT2D eigenvalue weighted by Gasteiger charge is 2.26. The summed E-state index contributed by atoms with van der Waals surface area (Å²) in [4.78, 5) is 0. The first-order chi connectivity index (χ1) is 8.06. The summed E-state index contributed by atoms with van der Waals surface area (Å²) in [5.74, 6) is -0.299. The number of hydrogen-bond acceptors (Lipinski definition) is 4. The number of aliphatic hydroxyl groups excluding tert-OH is 3. The van der Waals surface area contributed by atoms with Crippen LogP contribution in [0.2, 0.25) is 0 Å². The molecule has 0 radical (unpaired) electrons. The molecule has 4 nitrogen and oxygen atoms in total. The number of aryl methyl sites for hydroxylation is 1. The zero-order chi connectivity index (χ0) is 12.9. The third-order valence-electron chi connectivity index (χ3n) is 2.81. The van der Waals surface area contributed by atoms with Gasteiger partial charge in [0.15, 0.2) is 0 Å². The van der Waals surface area contributed by atoms with Crippen molar-refractivity contribution < 1.29 is 19.7 Å². The summed E-state index contributed by atoms with van der Waals surface area (Å²) in [5, 5.41) is 30.1. The van der Waals surface area contributed by atoms with Crippen molar-refractivity contribution >= 4 is 0 Å². The SMILES string of the molecule is Cc1ccc(CNC(CO)(CO)CO)cc1F. The Kier molecular flexibility index (Phi) is 5.02. The van der Waals surface area contributed by atoms with E-state index < -0.39 is 25.4 Å². The second kappa shape index (κ2) is 6.07. The van der Waals surface area contributed by atoms with Crippen LogP contribution < -0.4 is 5.32 Å². The van der Waals surface area contributed by atoms with Gasteiger partial charge in [0.1, 0.15) is 5.82 Å². The lowest BCUT2D eigenvalue weighted by Gasteiger charge is -2.28. The summed E-state index contributed by atoms with van der Waals surface area (Å²) < 4.78 is 13.3. The average molecular weight is 243 g/mol. The lowest BCUT2D eigenvalue weighted by atomic mass is 10.0. The minimum absolute atomic E-state index is 0.263. The lowest BCUT2D eigenvalue weighted by Crippen LogP contribution is -2.54. The van der Waals surface area contributed by atoms with Gasteiger partial charge in [0.25, 0.3) is 0 Å². The first-order valence-electron chi connectivity index (χ1n) is 5.39. The van der Waals surface area contributed by atoms with Crippen LogP contribution in [-0.4, -0.2) is 40.7 Å². The van der Waals surface area contributed by atoms with E-state index in [0.29, 0.717) is 11.1 Å². The molecule has 5 heteroatoms. The Balaban J connectivity index is 2.68. The van der Waals surface area contributed by atoms with Crippen LogP contribution >= 0.6 is 0 Å². The smallest absolute Gasteiger partial charge is 0.126 e. The van der Waals surface area contributed by atoms with Gasteiger partial charge < -0.3 is 20.6 Å². The van der Waals surface area contributed by atoms with Crippen LogP contribution in [0.3, 0.4) is 0 Å². The average Bonchev–Trinajstić information content (AvgIpc) is 2.36. The van der Waals surface area contributed by atoms with Crippen molar-refractivity contribution in [1.82, 2.24) is 5.32 Å². The standard InChI is InChI=1S/C12H18FNO3/c1-9-2-3-10(4-11(9)13)5-14-12(6-15,7-16)8-17/h2-4,14-17H,5-8H2,1H3. The highest BCUT2D eigenvalue weighted by atomic mass is 19.1. The van der Waals surface area contributed by atoms with Crippen molar-refractivity contribution in [2.24, 2.45) is 0 Å². The summed E-state index contributed by atoms with van der Waals surface area (Å²) in [7, 11) is 0. The van der Waals surface area contributed by atoms with Gasteiger partial charge in [-0.15, -0.1) is 0 Å². The van der Waals surface area contributed by atoms with E-state index in [1.165, 1.54) is 6.07 Å². The van der Waals surface area contributed by atoms with Crippen LogP contribution in [0.4, 0.5) is 4.39 Å². The van der Waals surface area contributed by atoms with E-state index in [0.717, 1.165) is 0 Å². The third kappa shape index (κ3) is 3.47. The summed E-state index contributed by atoms with van der Waals surface area (Å²) in [6.45, 7) is 0.752. The van der Waals surface area contributed by atoms with Gasteiger partial charge in [-0.05, 0) is 24.1 Å². The van der Waals surface area contributed by atoms with Crippen LogP contribution in [0.1, 0.15) is 11.1 Å². The molecule has 1 aromatic rings. The highest BCUT2D eigenvalue weighted by molar-refractivity contribution is 5.23. The van der Waals surface area contributed by atoms with Crippen LogP contribution in [-0.2, 0) is 6.54 Å². The molecule has 0 unspecified atom stereocenters. The molecule has 0 heterocycles. The zero-order valence-corrected chi connectivity index (χ0v) is 9.78. The summed E-state index contributed by atoms with van der Waals surface area (Å²) in [6.07, 6.45) is 0. The van der Waals surface area contributed by atoms with Crippen molar-refractivity contribution in [3.05, 3.63) is 35.1 Å². The second-order valence-corrected chi connectivity index (χ2v) is 4.19. The predicted octanol–water partition coefficient (Wildman–Crippen LogP) is -0.0606. The molecule has 0 atom stereocenters. The molecule has 0 aliphatic heterocycles. The molecule has 0 saturated heterocycles. The topological polar surface area (TPSA) is 72.7 Å². The van der Waals surface area contributed by atoms with Crippen molar-refractivity contribution in [2.75, 3.05) is 19.8 Å². The molecule has 17 heavy (non-hydrogen) atoms. The first-order valence-corrected chi connectivity index (χ1v) is 5.39. The van der Waals surface area contributed by atoms with Gasteiger partial charge in [-0.25, -0.2) is 4.39 Å². The van der Waals surface area contributed by atoms with Crippen LogP contribution in [0.25, 0.3) is 0 Å². The molecular formula is C12H18FNO3. The Morgan fingerprint density at radius 3 is 2.24 bits per heavy atom. The summed E-state index contributed by atoms with van der Waals surface area (Å²) in [6, 6.07) is 4.80. The molecule has 0 amide bonds. The summed E-state index contributed by atoms with van der Waals surface area (Å²) >= 11 is 0. The largest absolute Gasteiger partial charge is 0.394 e. The minimum Gasteiger partial charge on any atom is -0.394 e. The maximum atomic E-state index is 13.3. The van der Waals surface area contributed by atoms with Crippen molar-refractivity contribution in [3.8, 4) is 0 Å². The van der Waals surface area contributed by atoms with Crippen LogP contribution in [0, 0.1) is 12.7 Å². The molecule has 1 aromatic carbocycles. The van der Waals surface area contributed by atoms with Gasteiger partial charge >= 0.3 is 0 Å². The molecule has 0 saturated carbocycles. The Bertz CT molecular complexity index is 359. The van der Waals surface area contributed by atoms with Gasteiger partial charge in [0.05, 0.1) is 25.4 Å². The molecule has 1 rings (SSSR count). The fraction of sp³-hybridized carbons (Fsp3) is 0.500. The Morgan fingerprint density at radius 2 is 1.76 bits per heavy atom. The number of nitrogens with one attached hydrogen (secondary N) is 1. The van der Waals surface area contributed by atoms with Crippen molar-refractivity contribution in [2.45, 2.75) is 19.0 Å².